The minimum absolute atomic E-state index is 0.0299. The summed E-state index contributed by atoms with van der Waals surface area (Å²) in [6.07, 6.45) is 1.65. The van der Waals surface area contributed by atoms with Crippen molar-refractivity contribution in [3.8, 4) is 5.75 Å². The zero-order valence-electron chi connectivity index (χ0n) is 18.8. The fourth-order valence-corrected chi connectivity index (χ4v) is 3.67. The molecular weight excluding hydrogens is 390 g/mol. The summed E-state index contributed by atoms with van der Waals surface area (Å²) in [6, 6.07) is 15.7. The van der Waals surface area contributed by atoms with Gasteiger partial charge in [-0.15, -0.1) is 0 Å². The molecule has 2 amide bonds. The molecule has 31 heavy (non-hydrogen) atoms. The number of hydrogen-bond acceptors (Lipinski definition) is 4. The number of rotatable bonds is 8. The van der Waals surface area contributed by atoms with Gasteiger partial charge in [0, 0.05) is 44.0 Å². The van der Waals surface area contributed by atoms with Crippen molar-refractivity contribution in [3.63, 3.8) is 0 Å². The second-order valence-corrected chi connectivity index (χ2v) is 7.98. The Bertz CT molecular complexity index is 857. The molecule has 1 heterocycles. The Labute approximate surface area is 185 Å². The summed E-state index contributed by atoms with van der Waals surface area (Å²) >= 11 is 0. The Hall–Kier alpha value is -3.02. The lowest BCUT2D eigenvalue weighted by atomic mass is 9.99. The number of anilines is 2. The van der Waals surface area contributed by atoms with E-state index in [4.69, 9.17) is 4.74 Å². The number of ether oxygens (including phenoxy) is 1. The summed E-state index contributed by atoms with van der Waals surface area (Å²) in [5, 5.41) is 2.88. The standard InChI is InChI=1S/C25H33N3O3/c1-4-19(3)20-6-12-23(13-7-20)31-18-24(29)26-21-8-10-22(11-9-21)27-14-16-28(17-15-27)25(30)5-2/h6-13,19H,4-5,14-18H2,1-3H3,(H,26,29)/t19-/m1/s1. The Kier molecular flexibility index (Phi) is 7.93. The van der Waals surface area contributed by atoms with E-state index in [2.05, 4.69) is 36.2 Å². The molecule has 0 spiro atoms. The average molecular weight is 424 g/mol. The van der Waals surface area contributed by atoms with Gasteiger partial charge in [0.15, 0.2) is 6.61 Å². The van der Waals surface area contributed by atoms with Crippen LogP contribution >= 0.6 is 0 Å². The maximum Gasteiger partial charge on any atom is 0.262 e. The van der Waals surface area contributed by atoms with Gasteiger partial charge in [0.05, 0.1) is 0 Å². The van der Waals surface area contributed by atoms with Gasteiger partial charge in [0.2, 0.25) is 5.91 Å². The predicted molar refractivity (Wildman–Crippen MR) is 125 cm³/mol. The molecule has 1 aliphatic heterocycles. The molecule has 0 saturated carbocycles. The number of piperazine rings is 1. The normalized spacial score (nSPS) is 14.8. The molecule has 0 aromatic heterocycles. The number of nitrogens with one attached hydrogen (secondary N) is 1. The third-order valence-corrected chi connectivity index (χ3v) is 5.88. The molecule has 6 heteroatoms. The number of hydrogen-bond donors (Lipinski definition) is 1. The van der Waals surface area contributed by atoms with Crippen molar-refractivity contribution in [1.82, 2.24) is 4.90 Å². The highest BCUT2D eigenvalue weighted by atomic mass is 16.5. The van der Waals surface area contributed by atoms with Crippen LogP contribution in [0.15, 0.2) is 48.5 Å². The minimum Gasteiger partial charge on any atom is -0.484 e. The Morgan fingerprint density at radius 3 is 2.19 bits per heavy atom. The fourth-order valence-electron chi connectivity index (χ4n) is 3.67. The van der Waals surface area contributed by atoms with E-state index >= 15 is 0 Å². The second kappa shape index (κ2) is 10.8. The van der Waals surface area contributed by atoms with Gasteiger partial charge in [-0.1, -0.05) is 32.9 Å². The van der Waals surface area contributed by atoms with E-state index in [0.29, 0.717) is 18.1 Å². The molecule has 2 aromatic carbocycles. The van der Waals surface area contributed by atoms with Gasteiger partial charge in [0.25, 0.3) is 5.91 Å². The van der Waals surface area contributed by atoms with Crippen LogP contribution in [0.25, 0.3) is 0 Å². The van der Waals surface area contributed by atoms with Gasteiger partial charge in [-0.25, -0.2) is 0 Å². The van der Waals surface area contributed by atoms with Crippen LogP contribution in [0, 0.1) is 0 Å². The zero-order valence-corrected chi connectivity index (χ0v) is 18.8. The van der Waals surface area contributed by atoms with Gasteiger partial charge in [-0.2, -0.15) is 0 Å². The van der Waals surface area contributed by atoms with Gasteiger partial charge < -0.3 is 19.9 Å². The molecule has 2 aromatic rings. The highest BCUT2D eigenvalue weighted by molar-refractivity contribution is 5.92. The lowest BCUT2D eigenvalue weighted by Gasteiger charge is -2.36. The van der Waals surface area contributed by atoms with Crippen molar-refractivity contribution in [2.75, 3.05) is 43.0 Å². The second-order valence-electron chi connectivity index (χ2n) is 7.98. The van der Waals surface area contributed by atoms with Crippen molar-refractivity contribution in [2.24, 2.45) is 0 Å². The zero-order chi connectivity index (χ0) is 22.2. The monoisotopic (exact) mass is 423 g/mol. The highest BCUT2D eigenvalue weighted by Crippen LogP contribution is 2.22. The maximum atomic E-state index is 12.2. The molecule has 6 nitrogen and oxygen atoms in total. The molecule has 1 N–H and O–H groups in total. The first-order chi connectivity index (χ1) is 15.0. The summed E-state index contributed by atoms with van der Waals surface area (Å²) in [7, 11) is 0. The molecule has 0 aliphatic carbocycles. The minimum atomic E-state index is -0.189. The fraction of sp³-hybridized carbons (Fsp3) is 0.440. The molecule has 0 unspecified atom stereocenters. The lowest BCUT2D eigenvalue weighted by molar-refractivity contribution is -0.131. The molecule has 166 valence electrons. The molecule has 1 fully saturated rings. The van der Waals surface area contributed by atoms with Gasteiger partial charge in [-0.05, 0) is 54.3 Å². The predicted octanol–water partition coefficient (Wildman–Crippen LogP) is 4.28. The van der Waals surface area contributed by atoms with Crippen LogP contribution in [-0.2, 0) is 9.59 Å². The largest absolute Gasteiger partial charge is 0.484 e. The molecular formula is C25H33N3O3. The number of amides is 2. The Morgan fingerprint density at radius 2 is 1.61 bits per heavy atom. The smallest absolute Gasteiger partial charge is 0.262 e. The molecule has 1 atom stereocenters. The number of carbonyl (C=O) groups is 2. The molecule has 1 saturated heterocycles. The van der Waals surface area contributed by atoms with Gasteiger partial charge >= 0.3 is 0 Å². The lowest BCUT2D eigenvalue weighted by Crippen LogP contribution is -2.48. The summed E-state index contributed by atoms with van der Waals surface area (Å²) in [5.41, 5.74) is 3.11. The SMILES string of the molecule is CCC(=O)N1CCN(c2ccc(NC(=O)COc3ccc([C@H](C)CC)cc3)cc2)CC1. The number of benzene rings is 2. The van der Waals surface area contributed by atoms with E-state index in [1.807, 2.05) is 48.2 Å². The van der Waals surface area contributed by atoms with Crippen LogP contribution in [0.2, 0.25) is 0 Å². The molecule has 3 rings (SSSR count). The van der Waals surface area contributed by atoms with Crippen LogP contribution in [-0.4, -0.2) is 49.5 Å². The Balaban J connectivity index is 1.45. The van der Waals surface area contributed by atoms with Crippen molar-refractivity contribution in [2.45, 2.75) is 39.5 Å². The first kappa shape index (κ1) is 22.7. The van der Waals surface area contributed by atoms with E-state index in [1.54, 1.807) is 0 Å². The van der Waals surface area contributed by atoms with Crippen LogP contribution < -0.4 is 15.0 Å². The summed E-state index contributed by atoms with van der Waals surface area (Å²) in [6.45, 7) is 9.38. The number of carbonyl (C=O) groups excluding carboxylic acids is 2. The van der Waals surface area contributed by atoms with Crippen molar-refractivity contribution in [3.05, 3.63) is 54.1 Å². The third-order valence-electron chi connectivity index (χ3n) is 5.88. The maximum absolute atomic E-state index is 12.2. The van der Waals surface area contributed by atoms with Gasteiger partial charge in [-0.3, -0.25) is 9.59 Å². The summed E-state index contributed by atoms with van der Waals surface area (Å²) in [5.74, 6) is 1.23. The van der Waals surface area contributed by atoms with E-state index < -0.39 is 0 Å². The van der Waals surface area contributed by atoms with Crippen molar-refractivity contribution >= 4 is 23.2 Å². The number of nitrogens with zero attached hydrogens (tertiary/aromatic N) is 2. The van der Waals surface area contributed by atoms with Crippen molar-refractivity contribution < 1.29 is 14.3 Å². The van der Waals surface area contributed by atoms with Crippen LogP contribution in [0.1, 0.15) is 45.1 Å². The topological polar surface area (TPSA) is 61.9 Å². The quantitative estimate of drug-likeness (QED) is 0.689. The van der Waals surface area contributed by atoms with Crippen LogP contribution in [0.4, 0.5) is 11.4 Å². The molecule has 1 aliphatic rings. The van der Waals surface area contributed by atoms with E-state index in [0.717, 1.165) is 44.0 Å². The van der Waals surface area contributed by atoms with E-state index in [9.17, 15) is 9.59 Å². The molecule has 0 radical (unpaired) electrons. The Morgan fingerprint density at radius 1 is 0.968 bits per heavy atom. The van der Waals surface area contributed by atoms with Crippen LogP contribution in [0.5, 0.6) is 5.75 Å². The van der Waals surface area contributed by atoms with E-state index in [-0.39, 0.29) is 18.4 Å². The third kappa shape index (κ3) is 6.23. The summed E-state index contributed by atoms with van der Waals surface area (Å²) in [4.78, 5) is 28.2. The average Bonchev–Trinajstić information content (AvgIpc) is 2.82. The highest BCUT2D eigenvalue weighted by Gasteiger charge is 2.20. The van der Waals surface area contributed by atoms with Crippen molar-refractivity contribution in [1.29, 1.82) is 0 Å². The molecule has 0 bridgehead atoms. The van der Waals surface area contributed by atoms with Gasteiger partial charge in [0.1, 0.15) is 5.75 Å². The van der Waals surface area contributed by atoms with E-state index in [1.165, 1.54) is 5.56 Å². The first-order valence-corrected chi connectivity index (χ1v) is 11.2. The summed E-state index contributed by atoms with van der Waals surface area (Å²) < 4.78 is 5.61. The first-order valence-electron chi connectivity index (χ1n) is 11.2. The van der Waals surface area contributed by atoms with Crippen LogP contribution in [0.3, 0.4) is 0 Å².